The summed E-state index contributed by atoms with van der Waals surface area (Å²) >= 11 is 0. The van der Waals surface area contributed by atoms with Crippen molar-refractivity contribution in [3.05, 3.63) is 0 Å². The highest BCUT2D eigenvalue weighted by Crippen LogP contribution is 2.17. The van der Waals surface area contributed by atoms with Gasteiger partial charge in [-0.05, 0) is 39.3 Å². The van der Waals surface area contributed by atoms with Gasteiger partial charge in [0.15, 0.2) is 0 Å². The number of hydrogen-bond acceptors (Lipinski definition) is 2. The maximum atomic E-state index is 6.50. The maximum absolute atomic E-state index is 6.50. The molecule has 1 fully saturated rings. The van der Waals surface area contributed by atoms with Crippen molar-refractivity contribution >= 4 is 0 Å². The van der Waals surface area contributed by atoms with Crippen LogP contribution in [0.2, 0.25) is 0 Å². The van der Waals surface area contributed by atoms with Gasteiger partial charge in [0.1, 0.15) is 0 Å². The Morgan fingerprint density at radius 1 is 0.900 bits per heavy atom. The number of rotatable bonds is 10. The van der Waals surface area contributed by atoms with Crippen LogP contribution in [0.25, 0.3) is 0 Å². The van der Waals surface area contributed by atoms with E-state index in [0.29, 0.717) is 0 Å². The van der Waals surface area contributed by atoms with Gasteiger partial charge in [-0.3, -0.25) is 0 Å². The zero-order chi connectivity index (χ0) is 15.1. The van der Waals surface area contributed by atoms with Crippen LogP contribution in [-0.2, 0) is 0 Å². The van der Waals surface area contributed by atoms with E-state index in [4.69, 9.17) is 5.26 Å². The molecule has 118 valence electrons. The summed E-state index contributed by atoms with van der Waals surface area (Å²) in [4.78, 5) is 2.71. The standard InChI is InChI=1S/C17H35N.CHN/c1-3-4-5-6-7-8-9-10-12-15-18-16-13-11-14-17(18)2;1-2/h17H,3-16H2,1-2H3;1H. The lowest BCUT2D eigenvalue weighted by atomic mass is 10.0. The van der Waals surface area contributed by atoms with Gasteiger partial charge < -0.3 is 4.90 Å². The molecule has 1 rings (SSSR count). The van der Waals surface area contributed by atoms with E-state index in [2.05, 4.69) is 25.3 Å². The fraction of sp³-hybridized carbons (Fsp3) is 0.944. The summed E-state index contributed by atoms with van der Waals surface area (Å²) in [5.41, 5.74) is 0. The first kappa shape index (κ1) is 19.4. The van der Waals surface area contributed by atoms with Crippen molar-refractivity contribution in [1.82, 2.24) is 4.90 Å². The molecule has 0 N–H and O–H groups in total. The van der Waals surface area contributed by atoms with Gasteiger partial charge in [0.25, 0.3) is 0 Å². The lowest BCUT2D eigenvalue weighted by Gasteiger charge is -2.33. The Bertz CT molecular complexity index is 213. The molecule has 0 bridgehead atoms. The lowest BCUT2D eigenvalue weighted by molar-refractivity contribution is 0.157. The first-order valence-electron chi connectivity index (χ1n) is 8.84. The highest BCUT2D eigenvalue weighted by Gasteiger charge is 2.16. The number of piperidine rings is 1. The third-order valence-electron chi connectivity index (χ3n) is 4.49. The third-order valence-corrected chi connectivity index (χ3v) is 4.49. The van der Waals surface area contributed by atoms with E-state index in [-0.39, 0.29) is 0 Å². The lowest BCUT2D eigenvalue weighted by Crippen LogP contribution is -2.37. The fourth-order valence-corrected chi connectivity index (χ4v) is 3.12. The quantitative estimate of drug-likeness (QED) is 0.492. The first-order chi connectivity index (χ1) is 9.84. The highest BCUT2D eigenvalue weighted by molar-refractivity contribution is 4.72. The van der Waals surface area contributed by atoms with Gasteiger partial charge in [0.2, 0.25) is 0 Å². The topological polar surface area (TPSA) is 27.0 Å². The van der Waals surface area contributed by atoms with Crippen molar-refractivity contribution in [3.63, 3.8) is 0 Å². The molecule has 0 radical (unpaired) electrons. The molecule has 1 unspecified atom stereocenters. The van der Waals surface area contributed by atoms with Gasteiger partial charge >= 0.3 is 0 Å². The third kappa shape index (κ3) is 10.3. The monoisotopic (exact) mass is 280 g/mol. The molecular weight excluding hydrogens is 244 g/mol. The van der Waals surface area contributed by atoms with Crippen LogP contribution >= 0.6 is 0 Å². The Kier molecular flexibility index (Phi) is 14.4. The largest absolute Gasteiger partial charge is 0.301 e. The normalized spacial score (nSPS) is 19.3. The molecule has 0 aromatic rings. The van der Waals surface area contributed by atoms with Crippen molar-refractivity contribution in [3.8, 4) is 6.57 Å². The number of nitriles is 1. The molecule has 1 aliphatic heterocycles. The molecular formula is C18H36N2. The minimum Gasteiger partial charge on any atom is -0.301 e. The summed E-state index contributed by atoms with van der Waals surface area (Å²) in [6.07, 6.45) is 17.3. The average Bonchev–Trinajstić information content (AvgIpc) is 2.49. The summed E-state index contributed by atoms with van der Waals surface area (Å²) in [5.74, 6) is 0. The molecule has 1 saturated heterocycles. The molecule has 0 spiro atoms. The molecule has 1 heterocycles. The van der Waals surface area contributed by atoms with Crippen LogP contribution in [0.3, 0.4) is 0 Å². The van der Waals surface area contributed by atoms with E-state index in [1.807, 2.05) is 0 Å². The smallest absolute Gasteiger partial charge is 0.0462 e. The zero-order valence-electron chi connectivity index (χ0n) is 13.9. The Labute approximate surface area is 127 Å². The Morgan fingerprint density at radius 2 is 1.45 bits per heavy atom. The van der Waals surface area contributed by atoms with Gasteiger partial charge in [-0.2, -0.15) is 0 Å². The average molecular weight is 280 g/mol. The van der Waals surface area contributed by atoms with E-state index in [1.165, 1.54) is 90.1 Å². The second-order valence-electron chi connectivity index (χ2n) is 6.21. The van der Waals surface area contributed by atoms with Gasteiger partial charge in [-0.15, -0.1) is 0 Å². The number of unbranched alkanes of at least 4 members (excludes halogenated alkanes) is 8. The predicted octanol–water partition coefficient (Wildman–Crippen LogP) is 5.53. The molecule has 2 nitrogen and oxygen atoms in total. The Balaban J connectivity index is 0.00000172. The van der Waals surface area contributed by atoms with E-state index in [0.717, 1.165) is 6.04 Å². The summed E-state index contributed by atoms with van der Waals surface area (Å²) in [5, 5.41) is 6.50. The molecule has 0 aromatic heterocycles. The molecule has 2 heteroatoms. The predicted molar refractivity (Wildman–Crippen MR) is 88.8 cm³/mol. The number of nitrogens with zero attached hydrogens (tertiary/aromatic N) is 2. The highest BCUT2D eigenvalue weighted by atomic mass is 15.1. The molecule has 0 saturated carbocycles. The Hall–Kier alpha value is -0.550. The van der Waals surface area contributed by atoms with Gasteiger partial charge in [0, 0.05) is 12.6 Å². The van der Waals surface area contributed by atoms with Crippen LogP contribution in [0, 0.1) is 11.8 Å². The fourth-order valence-electron chi connectivity index (χ4n) is 3.12. The van der Waals surface area contributed by atoms with Crippen LogP contribution < -0.4 is 0 Å². The van der Waals surface area contributed by atoms with Crippen molar-refractivity contribution < 1.29 is 0 Å². The summed E-state index contributed by atoms with van der Waals surface area (Å²) in [6, 6.07) is 0.854. The SMILES string of the molecule is C#N.CCCCCCCCCCCN1CCCCC1C. The van der Waals surface area contributed by atoms with Gasteiger partial charge in [-0.25, -0.2) is 5.26 Å². The van der Waals surface area contributed by atoms with E-state index in [1.54, 1.807) is 0 Å². The minimum atomic E-state index is 0.854. The molecule has 1 atom stereocenters. The van der Waals surface area contributed by atoms with Crippen molar-refractivity contribution in [2.24, 2.45) is 0 Å². The number of hydrogen-bond donors (Lipinski definition) is 0. The summed E-state index contributed by atoms with van der Waals surface area (Å²) in [7, 11) is 0. The van der Waals surface area contributed by atoms with Crippen molar-refractivity contribution in [2.75, 3.05) is 13.1 Å². The van der Waals surface area contributed by atoms with E-state index >= 15 is 0 Å². The molecule has 0 aliphatic carbocycles. The van der Waals surface area contributed by atoms with Crippen LogP contribution in [0.4, 0.5) is 0 Å². The molecule has 0 amide bonds. The van der Waals surface area contributed by atoms with Crippen molar-refractivity contribution in [2.45, 2.75) is 96.9 Å². The van der Waals surface area contributed by atoms with E-state index < -0.39 is 0 Å². The zero-order valence-corrected chi connectivity index (χ0v) is 13.9. The first-order valence-corrected chi connectivity index (χ1v) is 8.84. The number of likely N-dealkylation sites (tertiary alicyclic amines) is 1. The van der Waals surface area contributed by atoms with E-state index in [9.17, 15) is 0 Å². The second kappa shape index (κ2) is 14.9. The second-order valence-corrected chi connectivity index (χ2v) is 6.21. The van der Waals surface area contributed by atoms with Crippen LogP contribution in [0.15, 0.2) is 0 Å². The van der Waals surface area contributed by atoms with Crippen LogP contribution in [0.1, 0.15) is 90.9 Å². The van der Waals surface area contributed by atoms with Crippen LogP contribution in [-0.4, -0.2) is 24.0 Å². The molecule has 0 aromatic carbocycles. The Morgan fingerprint density at radius 3 is 2.00 bits per heavy atom. The minimum absolute atomic E-state index is 0.854. The maximum Gasteiger partial charge on any atom is 0.0462 e. The van der Waals surface area contributed by atoms with Crippen LogP contribution in [0.5, 0.6) is 0 Å². The summed E-state index contributed by atoms with van der Waals surface area (Å²) < 4.78 is 0. The molecule has 1 aliphatic rings. The summed E-state index contributed by atoms with van der Waals surface area (Å²) in [6.45, 7) is 10.9. The van der Waals surface area contributed by atoms with Gasteiger partial charge in [0.05, 0.1) is 0 Å². The van der Waals surface area contributed by atoms with Crippen molar-refractivity contribution in [1.29, 1.82) is 5.26 Å². The molecule has 20 heavy (non-hydrogen) atoms. The van der Waals surface area contributed by atoms with Gasteiger partial charge in [-0.1, -0.05) is 64.7 Å².